The number of pyridine rings is 1. The second-order valence-electron chi connectivity index (χ2n) is 6.18. The van der Waals surface area contributed by atoms with Crippen molar-refractivity contribution in [3.63, 3.8) is 0 Å². The van der Waals surface area contributed by atoms with Gasteiger partial charge in [0.25, 0.3) is 12.3 Å². The number of rotatable bonds is 6. The Labute approximate surface area is 134 Å². The number of amides is 1. The minimum atomic E-state index is -2.58. The Balaban J connectivity index is 1.94. The van der Waals surface area contributed by atoms with Gasteiger partial charge >= 0.3 is 0 Å². The zero-order valence-electron chi connectivity index (χ0n) is 13.1. The van der Waals surface area contributed by atoms with Crippen molar-refractivity contribution in [3.8, 4) is 5.75 Å². The van der Waals surface area contributed by atoms with Crippen LogP contribution in [0.5, 0.6) is 5.75 Å². The molecule has 0 radical (unpaired) electrons. The average molecular weight is 328 g/mol. The van der Waals surface area contributed by atoms with Gasteiger partial charge in [0, 0.05) is 24.2 Å². The van der Waals surface area contributed by atoms with E-state index < -0.39 is 25.0 Å². The Morgan fingerprint density at radius 3 is 3.04 bits per heavy atom. The van der Waals surface area contributed by atoms with Crippen LogP contribution in [0.3, 0.4) is 0 Å². The Hall–Kier alpha value is -1.76. The molecule has 2 rings (SSSR count). The molecule has 1 amide bonds. The van der Waals surface area contributed by atoms with E-state index in [1.54, 1.807) is 0 Å². The molecule has 1 aromatic rings. The molecule has 1 saturated carbocycles. The number of aliphatic hydroxyl groups is 1. The van der Waals surface area contributed by atoms with Crippen molar-refractivity contribution in [3.05, 3.63) is 24.0 Å². The number of carbonyl (C=O) groups is 1. The molecule has 2 N–H and O–H groups in total. The Morgan fingerprint density at radius 1 is 1.57 bits per heavy atom. The predicted molar refractivity (Wildman–Crippen MR) is 80.7 cm³/mol. The van der Waals surface area contributed by atoms with Crippen LogP contribution in [0.15, 0.2) is 18.3 Å². The fourth-order valence-corrected chi connectivity index (χ4v) is 2.74. The molecular weight excluding hydrogens is 306 g/mol. The van der Waals surface area contributed by atoms with Gasteiger partial charge in [-0.3, -0.25) is 9.78 Å². The van der Waals surface area contributed by atoms with Crippen LogP contribution in [0.25, 0.3) is 0 Å². The van der Waals surface area contributed by atoms with E-state index in [0.717, 1.165) is 25.7 Å². The fraction of sp³-hybridized carbons (Fsp3) is 0.625. The third kappa shape index (κ3) is 4.86. The van der Waals surface area contributed by atoms with E-state index in [-0.39, 0.29) is 16.9 Å². The minimum Gasteiger partial charge on any atom is -0.488 e. The van der Waals surface area contributed by atoms with Crippen LogP contribution < -0.4 is 10.1 Å². The van der Waals surface area contributed by atoms with E-state index in [1.807, 2.05) is 6.92 Å². The van der Waals surface area contributed by atoms with Gasteiger partial charge in [0.05, 0.1) is 6.10 Å². The predicted octanol–water partition coefficient (Wildman–Crippen LogP) is 2.40. The summed E-state index contributed by atoms with van der Waals surface area (Å²) < 4.78 is 29.2. The number of aliphatic hydroxyl groups excluding tert-OH is 1. The Bertz CT molecular complexity index is 542. The Kier molecular flexibility index (Phi) is 5.87. The van der Waals surface area contributed by atoms with Crippen LogP contribution in [-0.2, 0) is 0 Å². The molecule has 128 valence electrons. The maximum absolute atomic E-state index is 12.2. The quantitative estimate of drug-likeness (QED) is 0.841. The van der Waals surface area contributed by atoms with Gasteiger partial charge in [-0.15, -0.1) is 0 Å². The average Bonchev–Trinajstić information content (AvgIpc) is 2.54. The summed E-state index contributed by atoms with van der Waals surface area (Å²) in [4.78, 5) is 16.1. The number of ether oxygens (including phenoxy) is 1. The van der Waals surface area contributed by atoms with E-state index in [1.165, 1.54) is 18.3 Å². The zero-order chi connectivity index (χ0) is 16.9. The van der Waals surface area contributed by atoms with E-state index in [4.69, 9.17) is 4.74 Å². The summed E-state index contributed by atoms with van der Waals surface area (Å²) in [6, 6.07) is 2.75. The monoisotopic (exact) mass is 328 g/mol. The number of aromatic nitrogens is 1. The van der Waals surface area contributed by atoms with Gasteiger partial charge in [0.1, 0.15) is 18.1 Å². The first-order valence-corrected chi connectivity index (χ1v) is 7.74. The lowest BCUT2D eigenvalue weighted by atomic mass is 9.73. The van der Waals surface area contributed by atoms with Crippen molar-refractivity contribution >= 4 is 5.91 Å². The summed E-state index contributed by atoms with van der Waals surface area (Å²) in [6.45, 7) is 1.57. The number of hydrogen-bond acceptors (Lipinski definition) is 4. The number of nitrogens with zero attached hydrogens (tertiary/aromatic N) is 1. The first-order chi connectivity index (χ1) is 10.9. The number of carbonyl (C=O) groups excluding carboxylic acids is 1. The molecule has 5 nitrogen and oxygen atoms in total. The van der Waals surface area contributed by atoms with E-state index in [9.17, 15) is 18.7 Å². The van der Waals surface area contributed by atoms with Crippen molar-refractivity contribution in [2.24, 2.45) is 5.41 Å². The number of alkyl halides is 2. The van der Waals surface area contributed by atoms with Gasteiger partial charge in [0.2, 0.25) is 0 Å². The lowest BCUT2D eigenvalue weighted by molar-refractivity contribution is 0.00187. The summed E-state index contributed by atoms with van der Waals surface area (Å²) >= 11 is 0. The van der Waals surface area contributed by atoms with E-state index >= 15 is 0 Å². The number of hydrogen-bond donors (Lipinski definition) is 2. The van der Waals surface area contributed by atoms with Gasteiger partial charge in [-0.25, -0.2) is 8.78 Å². The highest BCUT2D eigenvalue weighted by Crippen LogP contribution is 2.35. The van der Waals surface area contributed by atoms with Gasteiger partial charge in [-0.2, -0.15) is 0 Å². The highest BCUT2D eigenvalue weighted by atomic mass is 19.3. The van der Waals surface area contributed by atoms with Gasteiger partial charge in [-0.05, 0) is 18.9 Å². The Morgan fingerprint density at radius 2 is 2.35 bits per heavy atom. The standard InChI is InChI=1S/C16H22F2N2O3/c1-16(6-3-2-4-13(16)21)10-20-15(22)12-8-11(5-7-19-12)23-9-14(17)18/h5,7-8,13-14,21H,2-4,6,9-10H2,1H3,(H,20,22). The summed E-state index contributed by atoms with van der Waals surface area (Å²) in [5.41, 5.74) is -0.247. The van der Waals surface area contributed by atoms with E-state index in [2.05, 4.69) is 10.3 Å². The first-order valence-electron chi connectivity index (χ1n) is 7.74. The molecule has 1 fully saturated rings. The van der Waals surface area contributed by atoms with Crippen molar-refractivity contribution in [2.75, 3.05) is 13.2 Å². The maximum Gasteiger partial charge on any atom is 0.272 e. The zero-order valence-corrected chi connectivity index (χ0v) is 13.1. The number of nitrogens with one attached hydrogen (secondary N) is 1. The summed E-state index contributed by atoms with van der Waals surface area (Å²) in [5, 5.41) is 12.9. The molecule has 7 heteroatoms. The van der Waals surface area contributed by atoms with Crippen molar-refractivity contribution < 1.29 is 23.4 Å². The van der Waals surface area contributed by atoms with Crippen LogP contribution in [0, 0.1) is 5.41 Å². The van der Waals surface area contributed by atoms with Crippen LogP contribution in [-0.4, -0.2) is 41.7 Å². The number of halogens is 2. The SMILES string of the molecule is CC1(CNC(=O)c2cc(OCC(F)F)ccn2)CCCCC1O. The van der Waals surface area contributed by atoms with E-state index in [0.29, 0.717) is 6.54 Å². The summed E-state index contributed by atoms with van der Waals surface area (Å²) in [5.74, 6) is -0.235. The van der Waals surface area contributed by atoms with Crippen LogP contribution in [0.4, 0.5) is 8.78 Å². The molecule has 1 aromatic heterocycles. The van der Waals surface area contributed by atoms with Crippen LogP contribution in [0.2, 0.25) is 0 Å². The normalized spacial score (nSPS) is 24.5. The highest BCUT2D eigenvalue weighted by Gasteiger charge is 2.35. The highest BCUT2D eigenvalue weighted by molar-refractivity contribution is 5.92. The molecular formula is C16H22F2N2O3. The second-order valence-corrected chi connectivity index (χ2v) is 6.18. The van der Waals surface area contributed by atoms with Crippen molar-refractivity contribution in [1.29, 1.82) is 0 Å². The molecule has 0 bridgehead atoms. The molecule has 1 aliphatic rings. The molecule has 0 spiro atoms. The molecule has 1 aliphatic carbocycles. The molecule has 0 aromatic carbocycles. The smallest absolute Gasteiger partial charge is 0.272 e. The maximum atomic E-state index is 12.2. The van der Waals surface area contributed by atoms with Crippen molar-refractivity contribution in [1.82, 2.24) is 10.3 Å². The van der Waals surface area contributed by atoms with Crippen molar-refractivity contribution in [2.45, 2.75) is 45.1 Å². The van der Waals surface area contributed by atoms with Crippen LogP contribution in [0.1, 0.15) is 43.1 Å². The summed E-state index contributed by atoms with van der Waals surface area (Å²) in [7, 11) is 0. The fourth-order valence-electron chi connectivity index (χ4n) is 2.74. The lowest BCUT2D eigenvalue weighted by Gasteiger charge is -2.38. The molecule has 0 aliphatic heterocycles. The third-order valence-corrected chi connectivity index (χ3v) is 4.27. The summed E-state index contributed by atoms with van der Waals surface area (Å²) in [6.07, 6.45) is 1.93. The molecule has 2 unspecified atom stereocenters. The van der Waals surface area contributed by atoms with Crippen LogP contribution >= 0.6 is 0 Å². The minimum absolute atomic E-state index is 0.102. The molecule has 2 atom stereocenters. The molecule has 1 heterocycles. The third-order valence-electron chi connectivity index (χ3n) is 4.27. The van der Waals surface area contributed by atoms with Gasteiger partial charge < -0.3 is 15.2 Å². The van der Waals surface area contributed by atoms with Gasteiger partial charge in [-0.1, -0.05) is 19.8 Å². The first kappa shape index (κ1) is 17.6. The topological polar surface area (TPSA) is 71.5 Å². The lowest BCUT2D eigenvalue weighted by Crippen LogP contribution is -2.45. The molecule has 23 heavy (non-hydrogen) atoms. The largest absolute Gasteiger partial charge is 0.488 e. The molecule has 0 saturated heterocycles. The van der Waals surface area contributed by atoms with Gasteiger partial charge in [0.15, 0.2) is 0 Å². The second kappa shape index (κ2) is 7.68.